The Hall–Kier alpha value is -0.840. The van der Waals surface area contributed by atoms with Gasteiger partial charge in [0, 0.05) is 11.4 Å². The monoisotopic (exact) mass is 368 g/mol. The van der Waals surface area contributed by atoms with Gasteiger partial charge in [0.1, 0.15) is 5.82 Å². The lowest BCUT2D eigenvalue weighted by Crippen LogP contribution is -2.04. The molecule has 0 unspecified atom stereocenters. The molecule has 0 bridgehead atoms. The van der Waals surface area contributed by atoms with Crippen LogP contribution in [0.2, 0.25) is 0 Å². The summed E-state index contributed by atoms with van der Waals surface area (Å²) >= 11 is 11.3. The quantitative estimate of drug-likeness (QED) is 0.581. The summed E-state index contributed by atoms with van der Waals surface area (Å²) in [6, 6.07) is 10.6. The fraction of sp³-hybridized carbons (Fsp3) is 0.267. The second-order valence-electron chi connectivity index (χ2n) is 4.71. The number of alkyl halides is 1. The molecule has 2 aromatic heterocycles. The number of thiophene rings is 1. The maximum atomic E-state index is 6.05. The summed E-state index contributed by atoms with van der Waals surface area (Å²) in [6.45, 7) is 3.00. The zero-order chi connectivity index (χ0) is 14.1. The molecule has 0 radical (unpaired) electrons. The van der Waals surface area contributed by atoms with Crippen LogP contribution >= 0.6 is 38.9 Å². The van der Waals surface area contributed by atoms with Gasteiger partial charge >= 0.3 is 0 Å². The van der Waals surface area contributed by atoms with Gasteiger partial charge in [0.05, 0.1) is 20.7 Å². The van der Waals surface area contributed by atoms with Gasteiger partial charge in [-0.25, -0.2) is 4.98 Å². The van der Waals surface area contributed by atoms with Crippen LogP contribution in [-0.4, -0.2) is 9.55 Å². The smallest absolute Gasteiger partial charge is 0.124 e. The molecule has 20 heavy (non-hydrogen) atoms. The molecule has 0 aliphatic rings. The first-order chi connectivity index (χ1) is 9.69. The van der Waals surface area contributed by atoms with Crippen LogP contribution in [0.1, 0.15) is 16.3 Å². The lowest BCUT2D eigenvalue weighted by atomic mass is 10.2. The molecule has 0 amide bonds. The number of fused-ring (bicyclic) bond motifs is 1. The van der Waals surface area contributed by atoms with E-state index in [4.69, 9.17) is 11.6 Å². The maximum absolute atomic E-state index is 6.05. The van der Waals surface area contributed by atoms with E-state index >= 15 is 0 Å². The van der Waals surface area contributed by atoms with E-state index in [1.165, 1.54) is 19.7 Å². The minimum absolute atomic E-state index is 0.447. The van der Waals surface area contributed by atoms with Crippen molar-refractivity contribution in [3.8, 4) is 0 Å². The standard InChI is InChI=1S/C15H14BrClN2S/c1-10-3-2-4-12-15(10)18-14(9-17)19(12)8-7-11-5-6-13(16)20-11/h2-6H,7-9H2,1H3. The predicted molar refractivity (Wildman–Crippen MR) is 89.8 cm³/mol. The number of imidazole rings is 1. The van der Waals surface area contributed by atoms with Crippen molar-refractivity contribution in [1.82, 2.24) is 9.55 Å². The molecule has 5 heteroatoms. The molecule has 3 rings (SSSR count). The van der Waals surface area contributed by atoms with Gasteiger partial charge in [0.25, 0.3) is 0 Å². The van der Waals surface area contributed by atoms with Crippen LogP contribution in [0.3, 0.4) is 0 Å². The van der Waals surface area contributed by atoms with Crippen molar-refractivity contribution in [3.63, 3.8) is 0 Å². The van der Waals surface area contributed by atoms with Gasteiger partial charge in [0.2, 0.25) is 0 Å². The van der Waals surface area contributed by atoms with E-state index in [0.29, 0.717) is 5.88 Å². The van der Waals surface area contributed by atoms with Crippen LogP contribution in [0.25, 0.3) is 11.0 Å². The Morgan fingerprint density at radius 2 is 2.15 bits per heavy atom. The Balaban J connectivity index is 1.95. The molecular weight excluding hydrogens is 356 g/mol. The molecule has 1 aromatic carbocycles. The number of aryl methyl sites for hydroxylation is 3. The Kier molecular flexibility index (Phi) is 4.15. The van der Waals surface area contributed by atoms with E-state index in [1.807, 2.05) is 0 Å². The topological polar surface area (TPSA) is 17.8 Å². The van der Waals surface area contributed by atoms with Gasteiger partial charge in [-0.3, -0.25) is 0 Å². The molecule has 2 nitrogen and oxygen atoms in total. The van der Waals surface area contributed by atoms with Gasteiger partial charge in [-0.15, -0.1) is 22.9 Å². The first-order valence-electron chi connectivity index (χ1n) is 6.44. The van der Waals surface area contributed by atoms with Crippen molar-refractivity contribution >= 4 is 49.9 Å². The van der Waals surface area contributed by atoms with Crippen molar-refractivity contribution in [3.05, 3.63) is 50.4 Å². The minimum atomic E-state index is 0.447. The Labute approximate surface area is 135 Å². The predicted octanol–water partition coefficient (Wildman–Crippen LogP) is 5.15. The van der Waals surface area contributed by atoms with Gasteiger partial charge in [-0.1, -0.05) is 12.1 Å². The maximum Gasteiger partial charge on any atom is 0.124 e. The summed E-state index contributed by atoms with van der Waals surface area (Å²) in [5.74, 6) is 1.40. The third-order valence-corrected chi connectivity index (χ3v) is 5.31. The molecule has 0 N–H and O–H groups in total. The van der Waals surface area contributed by atoms with Crippen LogP contribution < -0.4 is 0 Å². The molecule has 0 saturated carbocycles. The number of nitrogens with zero attached hydrogens (tertiary/aromatic N) is 2. The van der Waals surface area contributed by atoms with Crippen molar-refractivity contribution in [2.75, 3.05) is 0 Å². The normalized spacial score (nSPS) is 11.3. The molecule has 2 heterocycles. The number of halogens is 2. The lowest BCUT2D eigenvalue weighted by molar-refractivity contribution is 0.693. The van der Waals surface area contributed by atoms with E-state index < -0.39 is 0 Å². The summed E-state index contributed by atoms with van der Waals surface area (Å²) < 4.78 is 3.42. The van der Waals surface area contributed by atoms with E-state index in [-0.39, 0.29) is 0 Å². The molecule has 104 valence electrons. The highest BCUT2D eigenvalue weighted by Gasteiger charge is 2.11. The van der Waals surface area contributed by atoms with Crippen molar-refractivity contribution < 1.29 is 0 Å². The highest BCUT2D eigenvalue weighted by molar-refractivity contribution is 9.11. The fourth-order valence-electron chi connectivity index (χ4n) is 2.39. The SMILES string of the molecule is Cc1cccc2c1nc(CCl)n2CCc1ccc(Br)s1. The lowest BCUT2D eigenvalue weighted by Gasteiger charge is -2.06. The second kappa shape index (κ2) is 5.88. The van der Waals surface area contributed by atoms with Gasteiger partial charge in [0.15, 0.2) is 0 Å². The highest BCUT2D eigenvalue weighted by Crippen LogP contribution is 2.25. The number of rotatable bonds is 4. The third-order valence-electron chi connectivity index (χ3n) is 3.39. The van der Waals surface area contributed by atoms with Crippen molar-refractivity contribution in [2.45, 2.75) is 25.8 Å². The van der Waals surface area contributed by atoms with Gasteiger partial charge in [-0.2, -0.15) is 0 Å². The fourth-order valence-corrected chi connectivity index (χ4v) is 4.07. The van der Waals surface area contributed by atoms with E-state index in [0.717, 1.165) is 24.3 Å². The van der Waals surface area contributed by atoms with Crippen LogP contribution in [-0.2, 0) is 18.8 Å². The first kappa shape index (κ1) is 14.1. The summed E-state index contributed by atoms with van der Waals surface area (Å²) in [4.78, 5) is 6.04. The van der Waals surface area contributed by atoms with Crippen LogP contribution in [0.4, 0.5) is 0 Å². The number of para-hydroxylation sites is 1. The molecule has 0 spiro atoms. The molecule has 0 atom stereocenters. The molecule has 3 aromatic rings. The number of hydrogen-bond donors (Lipinski definition) is 0. The average molecular weight is 370 g/mol. The van der Waals surface area contributed by atoms with Crippen LogP contribution in [0.5, 0.6) is 0 Å². The van der Waals surface area contributed by atoms with Gasteiger partial charge in [-0.05, 0) is 53.0 Å². The first-order valence-corrected chi connectivity index (χ1v) is 8.58. The molecule has 0 saturated heterocycles. The molecule has 0 aliphatic carbocycles. The number of hydrogen-bond acceptors (Lipinski definition) is 2. The minimum Gasteiger partial charge on any atom is -0.327 e. The number of aromatic nitrogens is 2. The van der Waals surface area contributed by atoms with Crippen molar-refractivity contribution in [2.24, 2.45) is 0 Å². The molecular formula is C15H14BrClN2S. The Morgan fingerprint density at radius 3 is 2.85 bits per heavy atom. The van der Waals surface area contributed by atoms with E-state index in [1.54, 1.807) is 11.3 Å². The largest absolute Gasteiger partial charge is 0.327 e. The molecule has 0 fully saturated rings. The summed E-state index contributed by atoms with van der Waals surface area (Å²) in [7, 11) is 0. The average Bonchev–Trinajstić information content (AvgIpc) is 3.01. The second-order valence-corrected chi connectivity index (χ2v) is 7.53. The number of benzene rings is 1. The van der Waals surface area contributed by atoms with E-state index in [2.05, 4.69) is 62.7 Å². The molecule has 0 aliphatic heterocycles. The van der Waals surface area contributed by atoms with Gasteiger partial charge < -0.3 is 4.57 Å². The Bertz CT molecular complexity index is 747. The Morgan fingerprint density at radius 1 is 1.30 bits per heavy atom. The summed E-state index contributed by atoms with van der Waals surface area (Å²) in [5, 5.41) is 0. The zero-order valence-electron chi connectivity index (χ0n) is 11.1. The summed E-state index contributed by atoms with van der Waals surface area (Å²) in [5.41, 5.74) is 3.44. The third kappa shape index (κ3) is 2.65. The van der Waals surface area contributed by atoms with Crippen LogP contribution in [0, 0.1) is 6.92 Å². The summed E-state index contributed by atoms with van der Waals surface area (Å²) in [6.07, 6.45) is 1.000. The van der Waals surface area contributed by atoms with Crippen LogP contribution in [0.15, 0.2) is 34.1 Å². The highest BCUT2D eigenvalue weighted by atomic mass is 79.9. The zero-order valence-corrected chi connectivity index (χ0v) is 14.2. The van der Waals surface area contributed by atoms with Crippen molar-refractivity contribution in [1.29, 1.82) is 0 Å². The van der Waals surface area contributed by atoms with E-state index in [9.17, 15) is 0 Å².